The van der Waals surface area contributed by atoms with Crippen LogP contribution in [0.2, 0.25) is 0 Å². The minimum absolute atomic E-state index is 0.648. The smallest absolute Gasteiger partial charge is 0.213 e. The summed E-state index contributed by atoms with van der Waals surface area (Å²) in [5.41, 5.74) is 0.786. The first kappa shape index (κ1) is 11.0. The number of ether oxygens (including phenoxy) is 1. The number of rotatable bonds is 3. The fourth-order valence-electron chi connectivity index (χ4n) is 1.80. The molecule has 0 bridgehead atoms. The van der Waals surface area contributed by atoms with Gasteiger partial charge < -0.3 is 10.1 Å². The molecule has 16 heavy (non-hydrogen) atoms. The van der Waals surface area contributed by atoms with E-state index in [2.05, 4.69) is 16.2 Å². The van der Waals surface area contributed by atoms with Gasteiger partial charge in [-0.2, -0.15) is 0 Å². The maximum absolute atomic E-state index is 5.64. The molecule has 1 fully saturated rings. The lowest BCUT2D eigenvalue weighted by atomic mass is 9.99. The third-order valence-electron chi connectivity index (χ3n) is 2.83. The Bertz CT molecular complexity index is 361. The molecule has 1 saturated heterocycles. The highest BCUT2D eigenvalue weighted by Crippen LogP contribution is 2.14. The average molecular weight is 216 g/mol. The maximum atomic E-state index is 5.64. The van der Waals surface area contributed by atoms with Gasteiger partial charge in [0.1, 0.15) is 0 Å². The van der Waals surface area contributed by atoms with Gasteiger partial charge in [-0.15, -0.1) is 6.42 Å². The summed E-state index contributed by atoms with van der Waals surface area (Å²) < 4.78 is 5.64. The van der Waals surface area contributed by atoms with Gasteiger partial charge in [-0.1, -0.05) is 5.92 Å². The first-order valence-electron chi connectivity index (χ1n) is 5.64. The number of piperidine rings is 1. The van der Waals surface area contributed by atoms with Crippen LogP contribution in [0.4, 0.5) is 0 Å². The Morgan fingerprint density at radius 2 is 2.25 bits per heavy atom. The van der Waals surface area contributed by atoms with Crippen molar-refractivity contribution in [2.75, 3.05) is 19.7 Å². The molecule has 2 heterocycles. The molecular formula is C13H16N2O. The molecule has 1 aliphatic heterocycles. The van der Waals surface area contributed by atoms with Crippen LogP contribution in [0.3, 0.4) is 0 Å². The Hall–Kier alpha value is -1.53. The van der Waals surface area contributed by atoms with E-state index in [9.17, 15) is 0 Å². The zero-order chi connectivity index (χ0) is 11.2. The van der Waals surface area contributed by atoms with Crippen molar-refractivity contribution in [1.29, 1.82) is 0 Å². The molecule has 0 radical (unpaired) electrons. The lowest BCUT2D eigenvalue weighted by Gasteiger charge is -2.22. The quantitative estimate of drug-likeness (QED) is 0.776. The lowest BCUT2D eigenvalue weighted by molar-refractivity contribution is 0.209. The van der Waals surface area contributed by atoms with E-state index in [-0.39, 0.29) is 0 Å². The summed E-state index contributed by atoms with van der Waals surface area (Å²) in [6, 6.07) is 3.68. The van der Waals surface area contributed by atoms with Gasteiger partial charge in [-0.05, 0) is 37.9 Å². The highest BCUT2D eigenvalue weighted by atomic mass is 16.5. The molecule has 2 rings (SSSR count). The van der Waals surface area contributed by atoms with E-state index in [1.807, 2.05) is 12.1 Å². The van der Waals surface area contributed by atoms with Crippen LogP contribution < -0.4 is 10.1 Å². The van der Waals surface area contributed by atoms with Gasteiger partial charge in [0.25, 0.3) is 0 Å². The van der Waals surface area contributed by atoms with Crippen molar-refractivity contribution in [3.63, 3.8) is 0 Å². The monoisotopic (exact) mass is 216 g/mol. The minimum atomic E-state index is 0.648. The van der Waals surface area contributed by atoms with E-state index >= 15 is 0 Å². The lowest BCUT2D eigenvalue weighted by Crippen LogP contribution is -2.30. The Balaban J connectivity index is 1.82. The normalized spacial score (nSPS) is 16.7. The van der Waals surface area contributed by atoms with E-state index in [0.29, 0.717) is 11.8 Å². The summed E-state index contributed by atoms with van der Waals surface area (Å²) in [6.07, 6.45) is 9.28. The van der Waals surface area contributed by atoms with Crippen LogP contribution in [-0.2, 0) is 0 Å². The molecule has 0 amide bonds. The second-order valence-electron chi connectivity index (χ2n) is 4.03. The molecule has 1 aromatic rings. The first-order valence-corrected chi connectivity index (χ1v) is 5.64. The number of hydrogen-bond donors (Lipinski definition) is 1. The van der Waals surface area contributed by atoms with Crippen molar-refractivity contribution in [3.8, 4) is 18.2 Å². The van der Waals surface area contributed by atoms with E-state index in [1.54, 1.807) is 6.20 Å². The molecule has 0 saturated carbocycles. The molecular weight excluding hydrogens is 200 g/mol. The Morgan fingerprint density at radius 1 is 1.44 bits per heavy atom. The predicted molar refractivity (Wildman–Crippen MR) is 63.3 cm³/mol. The number of terminal acetylenes is 1. The average Bonchev–Trinajstić information content (AvgIpc) is 2.38. The van der Waals surface area contributed by atoms with E-state index in [4.69, 9.17) is 11.2 Å². The predicted octanol–water partition coefficient (Wildman–Crippen LogP) is 1.44. The van der Waals surface area contributed by atoms with Gasteiger partial charge in [0.05, 0.1) is 6.61 Å². The van der Waals surface area contributed by atoms with E-state index in [1.165, 1.54) is 12.8 Å². The van der Waals surface area contributed by atoms with Gasteiger partial charge in [0.15, 0.2) is 0 Å². The van der Waals surface area contributed by atoms with E-state index < -0.39 is 0 Å². The third-order valence-corrected chi connectivity index (χ3v) is 2.83. The standard InChI is InChI=1S/C13H16N2O/c1-2-11-3-4-13(15-9-11)16-10-12-5-7-14-8-6-12/h1,3-4,9,12,14H,5-8,10H2. The summed E-state index contributed by atoms with van der Waals surface area (Å²) in [7, 11) is 0. The van der Waals surface area contributed by atoms with Crippen molar-refractivity contribution in [2.45, 2.75) is 12.8 Å². The van der Waals surface area contributed by atoms with Crippen molar-refractivity contribution >= 4 is 0 Å². The second kappa shape index (κ2) is 5.53. The van der Waals surface area contributed by atoms with E-state index in [0.717, 1.165) is 25.3 Å². The van der Waals surface area contributed by atoms with Gasteiger partial charge in [0.2, 0.25) is 5.88 Å². The fraction of sp³-hybridized carbons (Fsp3) is 0.462. The number of nitrogens with zero attached hydrogens (tertiary/aromatic N) is 1. The molecule has 0 aliphatic carbocycles. The SMILES string of the molecule is C#Cc1ccc(OCC2CCNCC2)nc1. The Morgan fingerprint density at radius 3 is 2.88 bits per heavy atom. The van der Waals surface area contributed by atoms with Crippen molar-refractivity contribution in [3.05, 3.63) is 23.9 Å². The molecule has 3 heteroatoms. The topological polar surface area (TPSA) is 34.1 Å². The van der Waals surface area contributed by atoms with Crippen LogP contribution in [-0.4, -0.2) is 24.7 Å². The largest absolute Gasteiger partial charge is 0.477 e. The first-order chi connectivity index (χ1) is 7.88. The number of pyridine rings is 1. The number of hydrogen-bond acceptors (Lipinski definition) is 3. The summed E-state index contributed by atoms with van der Waals surface area (Å²) in [6.45, 7) is 2.94. The van der Waals surface area contributed by atoms with Crippen LogP contribution >= 0.6 is 0 Å². The molecule has 0 spiro atoms. The van der Waals surface area contributed by atoms with Crippen LogP contribution in [0, 0.1) is 18.3 Å². The minimum Gasteiger partial charge on any atom is -0.477 e. The molecule has 1 aliphatic rings. The summed E-state index contributed by atoms with van der Waals surface area (Å²) in [5, 5.41) is 3.33. The summed E-state index contributed by atoms with van der Waals surface area (Å²) >= 11 is 0. The van der Waals surface area contributed by atoms with Crippen LogP contribution in [0.1, 0.15) is 18.4 Å². The zero-order valence-corrected chi connectivity index (χ0v) is 9.28. The van der Waals surface area contributed by atoms with Gasteiger partial charge in [-0.3, -0.25) is 0 Å². The summed E-state index contributed by atoms with van der Waals surface area (Å²) in [5.74, 6) is 3.85. The van der Waals surface area contributed by atoms with Crippen molar-refractivity contribution in [1.82, 2.24) is 10.3 Å². The third kappa shape index (κ3) is 2.98. The fourth-order valence-corrected chi connectivity index (χ4v) is 1.80. The van der Waals surface area contributed by atoms with Gasteiger partial charge in [-0.25, -0.2) is 4.98 Å². The van der Waals surface area contributed by atoms with Gasteiger partial charge in [0, 0.05) is 17.8 Å². The highest BCUT2D eigenvalue weighted by molar-refractivity contribution is 5.31. The molecule has 0 unspecified atom stereocenters. The van der Waals surface area contributed by atoms with Crippen molar-refractivity contribution < 1.29 is 4.74 Å². The second-order valence-corrected chi connectivity index (χ2v) is 4.03. The van der Waals surface area contributed by atoms with Crippen molar-refractivity contribution in [2.24, 2.45) is 5.92 Å². The molecule has 0 atom stereocenters. The number of aromatic nitrogens is 1. The molecule has 1 aromatic heterocycles. The molecule has 0 aromatic carbocycles. The van der Waals surface area contributed by atoms with Gasteiger partial charge >= 0.3 is 0 Å². The summed E-state index contributed by atoms with van der Waals surface area (Å²) in [4.78, 5) is 4.15. The zero-order valence-electron chi connectivity index (χ0n) is 9.28. The van der Waals surface area contributed by atoms with Crippen LogP contribution in [0.15, 0.2) is 18.3 Å². The maximum Gasteiger partial charge on any atom is 0.213 e. The number of nitrogens with one attached hydrogen (secondary N) is 1. The highest BCUT2D eigenvalue weighted by Gasteiger charge is 2.13. The molecule has 84 valence electrons. The van der Waals surface area contributed by atoms with Crippen LogP contribution in [0.5, 0.6) is 5.88 Å². The Labute approximate surface area is 96.2 Å². The van der Waals surface area contributed by atoms with Crippen LogP contribution in [0.25, 0.3) is 0 Å². The molecule has 3 nitrogen and oxygen atoms in total. The Kier molecular flexibility index (Phi) is 3.79. The molecule has 1 N–H and O–H groups in total.